The van der Waals surface area contributed by atoms with Crippen molar-refractivity contribution in [3.63, 3.8) is 0 Å². The largest absolute Gasteiger partial charge is 0.326 e. The predicted molar refractivity (Wildman–Crippen MR) is 75.8 cm³/mol. The van der Waals surface area contributed by atoms with Gasteiger partial charge in [-0.1, -0.05) is 0 Å². The van der Waals surface area contributed by atoms with Gasteiger partial charge in [0.15, 0.2) is 0 Å². The number of amides is 1. The van der Waals surface area contributed by atoms with Crippen LogP contribution in [0.25, 0.3) is 0 Å². The molecule has 6 heteroatoms. The van der Waals surface area contributed by atoms with Gasteiger partial charge in [-0.15, -0.1) is 0 Å². The van der Waals surface area contributed by atoms with E-state index in [0.717, 1.165) is 0 Å². The van der Waals surface area contributed by atoms with Crippen LogP contribution in [0.3, 0.4) is 0 Å². The molecule has 0 unspecified atom stereocenters. The summed E-state index contributed by atoms with van der Waals surface area (Å²) in [6, 6.07) is 8.66. The highest BCUT2D eigenvalue weighted by atomic mass is 32.2. The summed E-state index contributed by atoms with van der Waals surface area (Å²) in [5.41, 5.74) is 1.19. The molecule has 0 radical (unpaired) electrons. The van der Waals surface area contributed by atoms with Gasteiger partial charge in [0.1, 0.15) is 9.84 Å². The van der Waals surface area contributed by atoms with Crippen molar-refractivity contribution >= 4 is 21.4 Å². The molecule has 1 aromatic rings. The summed E-state index contributed by atoms with van der Waals surface area (Å²) in [5, 5.41) is 11.4. The molecule has 20 heavy (non-hydrogen) atoms. The second kappa shape index (κ2) is 6.06. The van der Waals surface area contributed by atoms with E-state index in [1.165, 1.54) is 0 Å². The van der Waals surface area contributed by atoms with Crippen LogP contribution in [-0.2, 0) is 14.6 Å². The fourth-order valence-corrected chi connectivity index (χ4v) is 3.83. The monoisotopic (exact) mass is 292 g/mol. The lowest BCUT2D eigenvalue weighted by atomic mass is 9.98. The van der Waals surface area contributed by atoms with Crippen molar-refractivity contribution in [1.29, 1.82) is 5.26 Å². The molecule has 0 aromatic heterocycles. The van der Waals surface area contributed by atoms with Crippen LogP contribution in [0.1, 0.15) is 24.8 Å². The molecule has 0 aliphatic carbocycles. The van der Waals surface area contributed by atoms with Gasteiger partial charge in [0.05, 0.1) is 23.1 Å². The summed E-state index contributed by atoms with van der Waals surface area (Å²) >= 11 is 0. The molecule has 1 aliphatic rings. The zero-order valence-electron chi connectivity index (χ0n) is 11.0. The number of carbonyl (C=O) groups excluding carboxylic acids is 1. The third-order valence-corrected chi connectivity index (χ3v) is 5.16. The van der Waals surface area contributed by atoms with Crippen LogP contribution in [0.4, 0.5) is 5.69 Å². The molecule has 1 amide bonds. The molecule has 0 bridgehead atoms. The van der Waals surface area contributed by atoms with Crippen LogP contribution >= 0.6 is 0 Å². The number of nitriles is 1. The summed E-state index contributed by atoms with van der Waals surface area (Å²) in [4.78, 5) is 11.9. The highest BCUT2D eigenvalue weighted by molar-refractivity contribution is 7.91. The molecule has 1 heterocycles. The van der Waals surface area contributed by atoms with Gasteiger partial charge in [0.25, 0.3) is 0 Å². The smallest absolute Gasteiger partial charge is 0.224 e. The summed E-state index contributed by atoms with van der Waals surface area (Å²) in [5.74, 6) is 0.389. The van der Waals surface area contributed by atoms with Gasteiger partial charge in [0.2, 0.25) is 5.91 Å². The Kier molecular flexibility index (Phi) is 4.40. The van der Waals surface area contributed by atoms with Crippen molar-refractivity contribution < 1.29 is 13.2 Å². The minimum Gasteiger partial charge on any atom is -0.326 e. The van der Waals surface area contributed by atoms with E-state index in [1.807, 2.05) is 6.07 Å². The lowest BCUT2D eigenvalue weighted by Crippen LogP contribution is -2.26. The molecular weight excluding hydrogens is 276 g/mol. The van der Waals surface area contributed by atoms with Crippen LogP contribution in [0.5, 0.6) is 0 Å². The zero-order valence-corrected chi connectivity index (χ0v) is 11.8. The molecule has 106 valence electrons. The first-order valence-corrected chi connectivity index (χ1v) is 8.31. The second-order valence-corrected chi connectivity index (χ2v) is 7.34. The van der Waals surface area contributed by atoms with Crippen molar-refractivity contribution in [3.05, 3.63) is 29.8 Å². The summed E-state index contributed by atoms with van der Waals surface area (Å²) < 4.78 is 22.6. The van der Waals surface area contributed by atoms with E-state index in [9.17, 15) is 13.2 Å². The van der Waals surface area contributed by atoms with E-state index in [2.05, 4.69) is 5.32 Å². The molecule has 2 rings (SSSR count). The third kappa shape index (κ3) is 4.07. The number of benzene rings is 1. The molecule has 1 saturated heterocycles. The Bertz CT molecular complexity index is 615. The zero-order chi connectivity index (χ0) is 14.6. The Balaban J connectivity index is 1.85. The lowest BCUT2D eigenvalue weighted by molar-refractivity contribution is -0.117. The summed E-state index contributed by atoms with van der Waals surface area (Å²) in [6.45, 7) is 0. The number of anilines is 1. The van der Waals surface area contributed by atoms with E-state index in [0.29, 0.717) is 30.5 Å². The number of hydrogen-bond acceptors (Lipinski definition) is 4. The van der Waals surface area contributed by atoms with Crippen LogP contribution in [0.15, 0.2) is 24.3 Å². The number of nitrogens with one attached hydrogen (secondary N) is 1. The maximum atomic E-state index is 11.9. The minimum absolute atomic E-state index is 0.112. The van der Waals surface area contributed by atoms with Crippen molar-refractivity contribution in [2.24, 2.45) is 5.92 Å². The molecule has 1 aromatic carbocycles. The quantitative estimate of drug-likeness (QED) is 0.918. The molecular formula is C14H16N2O3S. The van der Waals surface area contributed by atoms with Crippen LogP contribution in [0, 0.1) is 17.2 Å². The Morgan fingerprint density at radius 1 is 1.25 bits per heavy atom. The standard InChI is InChI=1S/C14H16N2O3S/c15-10-12-1-3-13(4-2-12)16-14(17)9-11-5-7-20(18,19)8-6-11/h1-4,11H,5-9H2,(H,16,17). The maximum Gasteiger partial charge on any atom is 0.224 e. The van der Waals surface area contributed by atoms with Gasteiger partial charge < -0.3 is 5.32 Å². The van der Waals surface area contributed by atoms with Crippen molar-refractivity contribution in [2.45, 2.75) is 19.3 Å². The SMILES string of the molecule is N#Cc1ccc(NC(=O)CC2CCS(=O)(=O)CC2)cc1. The summed E-state index contributed by atoms with van der Waals surface area (Å²) in [7, 11) is -2.88. The fourth-order valence-electron chi connectivity index (χ4n) is 2.25. The summed E-state index contributed by atoms with van der Waals surface area (Å²) in [6.07, 6.45) is 1.46. The highest BCUT2D eigenvalue weighted by Crippen LogP contribution is 2.22. The highest BCUT2D eigenvalue weighted by Gasteiger charge is 2.25. The Morgan fingerprint density at radius 3 is 2.40 bits per heavy atom. The van der Waals surface area contributed by atoms with Gasteiger partial charge in [-0.05, 0) is 43.0 Å². The fraction of sp³-hybridized carbons (Fsp3) is 0.429. The van der Waals surface area contributed by atoms with Gasteiger partial charge in [-0.25, -0.2) is 8.42 Å². The van der Waals surface area contributed by atoms with Crippen molar-refractivity contribution in [3.8, 4) is 6.07 Å². The number of nitrogens with zero attached hydrogens (tertiary/aromatic N) is 1. The van der Waals surface area contributed by atoms with Gasteiger partial charge in [-0.3, -0.25) is 4.79 Å². The van der Waals surface area contributed by atoms with E-state index in [4.69, 9.17) is 5.26 Å². The predicted octanol–water partition coefficient (Wildman–Crippen LogP) is 1.71. The molecule has 1 aliphatic heterocycles. The van der Waals surface area contributed by atoms with Crippen LogP contribution in [0.2, 0.25) is 0 Å². The van der Waals surface area contributed by atoms with Gasteiger partial charge in [0, 0.05) is 12.1 Å². The molecule has 1 N–H and O–H groups in total. The van der Waals surface area contributed by atoms with Crippen LogP contribution < -0.4 is 5.32 Å². The van der Waals surface area contributed by atoms with E-state index in [-0.39, 0.29) is 23.3 Å². The van der Waals surface area contributed by atoms with Crippen LogP contribution in [-0.4, -0.2) is 25.8 Å². The number of carbonyl (C=O) groups is 1. The normalized spacial score (nSPS) is 18.1. The Labute approximate surface area is 118 Å². The Morgan fingerprint density at radius 2 is 1.85 bits per heavy atom. The molecule has 0 saturated carbocycles. The molecule has 1 fully saturated rings. The van der Waals surface area contributed by atoms with Gasteiger partial charge in [-0.2, -0.15) is 5.26 Å². The van der Waals surface area contributed by atoms with Crippen molar-refractivity contribution in [2.75, 3.05) is 16.8 Å². The van der Waals surface area contributed by atoms with Gasteiger partial charge >= 0.3 is 0 Å². The number of sulfone groups is 1. The molecule has 0 atom stereocenters. The Hall–Kier alpha value is -1.87. The topological polar surface area (TPSA) is 87.0 Å². The lowest BCUT2D eigenvalue weighted by Gasteiger charge is -2.21. The first-order valence-electron chi connectivity index (χ1n) is 6.49. The third-order valence-electron chi connectivity index (χ3n) is 3.45. The molecule has 5 nitrogen and oxygen atoms in total. The van der Waals surface area contributed by atoms with E-state index < -0.39 is 9.84 Å². The second-order valence-electron chi connectivity index (χ2n) is 5.04. The van der Waals surface area contributed by atoms with Crippen molar-refractivity contribution in [1.82, 2.24) is 0 Å². The number of rotatable bonds is 3. The average Bonchev–Trinajstić information content (AvgIpc) is 2.42. The molecule has 0 spiro atoms. The first-order chi connectivity index (χ1) is 9.48. The first kappa shape index (κ1) is 14.5. The van der Waals surface area contributed by atoms with E-state index in [1.54, 1.807) is 24.3 Å². The number of hydrogen-bond donors (Lipinski definition) is 1. The maximum absolute atomic E-state index is 11.9. The minimum atomic E-state index is -2.88. The average molecular weight is 292 g/mol. The van der Waals surface area contributed by atoms with E-state index >= 15 is 0 Å².